The molecule has 0 amide bonds. The Kier molecular flexibility index (Phi) is 3.42. The van der Waals surface area contributed by atoms with Crippen molar-refractivity contribution < 1.29 is 0 Å². The smallest absolute Gasteiger partial charge is 0.135 e. The monoisotopic (exact) mass is 304 g/mol. The molecule has 100 valence electrons. The molecule has 1 aromatic carbocycles. The van der Waals surface area contributed by atoms with Crippen LogP contribution < -0.4 is 5.32 Å². The molecule has 0 saturated heterocycles. The molecule has 20 heavy (non-hydrogen) atoms. The van der Waals surface area contributed by atoms with Crippen molar-refractivity contribution in [1.29, 1.82) is 0 Å². The van der Waals surface area contributed by atoms with Crippen LogP contribution in [0.2, 0.25) is 10.2 Å². The minimum Gasteiger partial charge on any atom is -0.338 e. The largest absolute Gasteiger partial charge is 0.338 e. The fraction of sp³-hybridized carbons (Fsp3) is 0.0714. The maximum Gasteiger partial charge on any atom is 0.135 e. The molecule has 2 aromatic heterocycles. The van der Waals surface area contributed by atoms with Gasteiger partial charge < -0.3 is 5.32 Å². The van der Waals surface area contributed by atoms with E-state index in [1.54, 1.807) is 19.2 Å². The Morgan fingerprint density at radius 3 is 2.75 bits per heavy atom. The quantitative estimate of drug-likeness (QED) is 0.714. The van der Waals surface area contributed by atoms with E-state index < -0.39 is 0 Å². The van der Waals surface area contributed by atoms with E-state index in [0.29, 0.717) is 21.8 Å². The van der Waals surface area contributed by atoms with Gasteiger partial charge in [-0.05, 0) is 31.2 Å². The van der Waals surface area contributed by atoms with Gasteiger partial charge in [-0.3, -0.25) is 4.98 Å². The van der Waals surface area contributed by atoms with Crippen LogP contribution in [-0.4, -0.2) is 15.0 Å². The van der Waals surface area contributed by atoms with E-state index in [1.807, 2.05) is 24.3 Å². The molecule has 3 aromatic rings. The number of hydrogen-bond acceptors (Lipinski definition) is 4. The van der Waals surface area contributed by atoms with Gasteiger partial charge in [-0.2, -0.15) is 0 Å². The second-order valence-corrected chi connectivity index (χ2v) is 5.04. The van der Waals surface area contributed by atoms with Crippen molar-refractivity contribution in [1.82, 2.24) is 15.0 Å². The summed E-state index contributed by atoms with van der Waals surface area (Å²) in [6, 6.07) is 9.13. The van der Waals surface area contributed by atoms with E-state index in [2.05, 4.69) is 20.3 Å². The Balaban J connectivity index is 2.09. The molecule has 0 aliphatic carbocycles. The maximum absolute atomic E-state index is 6.17. The highest BCUT2D eigenvalue weighted by Gasteiger charge is 2.07. The van der Waals surface area contributed by atoms with Crippen LogP contribution in [0.25, 0.3) is 10.9 Å². The Bertz CT molecular complexity index is 769. The van der Waals surface area contributed by atoms with Crippen molar-refractivity contribution >= 4 is 45.6 Å². The zero-order valence-corrected chi connectivity index (χ0v) is 12.1. The lowest BCUT2D eigenvalue weighted by atomic mass is 10.2. The van der Waals surface area contributed by atoms with Crippen LogP contribution in [0.5, 0.6) is 0 Å². The highest BCUT2D eigenvalue weighted by molar-refractivity contribution is 6.35. The van der Waals surface area contributed by atoms with Gasteiger partial charge in [-0.25, -0.2) is 9.97 Å². The summed E-state index contributed by atoms with van der Waals surface area (Å²) in [6.45, 7) is 1.79. The van der Waals surface area contributed by atoms with Gasteiger partial charge in [-0.15, -0.1) is 0 Å². The van der Waals surface area contributed by atoms with Crippen molar-refractivity contribution in [2.24, 2.45) is 0 Å². The second kappa shape index (κ2) is 5.23. The number of fused-ring (bicyclic) bond motifs is 1. The van der Waals surface area contributed by atoms with Gasteiger partial charge in [0.25, 0.3) is 0 Å². The molecular formula is C14H10Cl2N4. The summed E-state index contributed by atoms with van der Waals surface area (Å²) < 4.78 is 0. The lowest BCUT2D eigenvalue weighted by Crippen LogP contribution is -1.98. The summed E-state index contributed by atoms with van der Waals surface area (Å²) in [5, 5.41) is 5.14. The number of nitrogens with zero attached hydrogens (tertiary/aromatic N) is 3. The summed E-state index contributed by atoms with van der Waals surface area (Å²) in [7, 11) is 0. The van der Waals surface area contributed by atoms with Gasteiger partial charge in [0.1, 0.15) is 16.8 Å². The predicted molar refractivity (Wildman–Crippen MR) is 81.8 cm³/mol. The number of pyridine rings is 1. The highest BCUT2D eigenvalue weighted by Crippen LogP contribution is 2.29. The molecule has 4 nitrogen and oxygen atoms in total. The molecule has 0 aliphatic heterocycles. The van der Waals surface area contributed by atoms with Crippen molar-refractivity contribution in [2.75, 3.05) is 5.32 Å². The number of aromatic nitrogens is 3. The number of rotatable bonds is 2. The second-order valence-electron chi connectivity index (χ2n) is 4.24. The molecule has 0 bridgehead atoms. The van der Waals surface area contributed by atoms with Crippen molar-refractivity contribution in [2.45, 2.75) is 6.92 Å². The number of hydrogen-bond donors (Lipinski definition) is 1. The first kappa shape index (κ1) is 13.1. The fourth-order valence-corrected chi connectivity index (χ4v) is 2.41. The maximum atomic E-state index is 6.17. The molecule has 0 saturated carbocycles. The van der Waals surface area contributed by atoms with Crippen LogP contribution in [-0.2, 0) is 0 Å². The molecule has 6 heteroatoms. The topological polar surface area (TPSA) is 50.7 Å². The van der Waals surface area contributed by atoms with Gasteiger partial charge in [-0.1, -0.05) is 23.2 Å². The molecule has 0 radical (unpaired) electrons. The summed E-state index contributed by atoms with van der Waals surface area (Å²) in [6.07, 6.45) is 1.72. The molecule has 0 unspecified atom stereocenters. The molecule has 0 fully saturated rings. The van der Waals surface area contributed by atoms with Crippen LogP contribution in [0, 0.1) is 6.92 Å². The van der Waals surface area contributed by atoms with Gasteiger partial charge in [0.2, 0.25) is 0 Å². The van der Waals surface area contributed by atoms with Gasteiger partial charge in [0.15, 0.2) is 0 Å². The SMILES string of the molecule is Cc1nc(Cl)cc(Nc2ccc(Cl)c3cccnc23)n1. The minimum absolute atomic E-state index is 0.395. The summed E-state index contributed by atoms with van der Waals surface area (Å²) in [5.41, 5.74) is 1.60. The zero-order valence-electron chi connectivity index (χ0n) is 10.6. The fourth-order valence-electron chi connectivity index (χ4n) is 1.97. The normalized spacial score (nSPS) is 10.8. The van der Waals surface area contributed by atoms with Crippen molar-refractivity contribution in [3.8, 4) is 0 Å². The van der Waals surface area contributed by atoms with Crippen LogP contribution >= 0.6 is 23.2 Å². The van der Waals surface area contributed by atoms with Gasteiger partial charge in [0, 0.05) is 17.6 Å². The van der Waals surface area contributed by atoms with Crippen molar-refractivity contribution in [3.05, 3.63) is 52.5 Å². The first-order chi connectivity index (χ1) is 9.63. The summed E-state index contributed by atoms with van der Waals surface area (Å²) >= 11 is 12.1. The van der Waals surface area contributed by atoms with E-state index >= 15 is 0 Å². The first-order valence-corrected chi connectivity index (χ1v) is 6.70. The molecule has 1 N–H and O–H groups in total. The average molecular weight is 305 g/mol. The number of benzene rings is 1. The molecule has 3 rings (SSSR count). The van der Waals surface area contributed by atoms with Crippen LogP contribution in [0.1, 0.15) is 5.82 Å². The van der Waals surface area contributed by atoms with Crippen molar-refractivity contribution in [3.63, 3.8) is 0 Å². The van der Waals surface area contributed by atoms with E-state index in [9.17, 15) is 0 Å². The van der Waals surface area contributed by atoms with E-state index in [1.165, 1.54) is 0 Å². The predicted octanol–water partition coefficient (Wildman–Crippen LogP) is 4.38. The molecule has 0 aliphatic rings. The standard InChI is InChI=1S/C14H10Cl2N4/c1-8-18-12(16)7-13(19-8)20-11-5-4-10(15)9-3-2-6-17-14(9)11/h2-7H,1H3,(H,18,19,20). The number of nitrogens with one attached hydrogen (secondary N) is 1. The Labute approximate surface area is 125 Å². The number of anilines is 2. The molecule has 0 spiro atoms. The minimum atomic E-state index is 0.395. The van der Waals surface area contributed by atoms with E-state index in [4.69, 9.17) is 23.2 Å². The highest BCUT2D eigenvalue weighted by atomic mass is 35.5. The van der Waals surface area contributed by atoms with Gasteiger partial charge >= 0.3 is 0 Å². The van der Waals surface area contributed by atoms with Crippen LogP contribution in [0.15, 0.2) is 36.5 Å². The third-order valence-corrected chi connectivity index (χ3v) is 3.31. The Morgan fingerprint density at radius 1 is 1.10 bits per heavy atom. The zero-order chi connectivity index (χ0) is 14.1. The third-order valence-electron chi connectivity index (χ3n) is 2.79. The van der Waals surface area contributed by atoms with Crippen LogP contribution in [0.3, 0.4) is 0 Å². The van der Waals surface area contributed by atoms with E-state index in [-0.39, 0.29) is 0 Å². The summed E-state index contributed by atoms with van der Waals surface area (Å²) in [5.74, 6) is 1.23. The van der Waals surface area contributed by atoms with E-state index in [0.717, 1.165) is 16.6 Å². The third kappa shape index (κ3) is 2.53. The lowest BCUT2D eigenvalue weighted by molar-refractivity contribution is 1.06. The molecule has 2 heterocycles. The number of aryl methyl sites for hydroxylation is 1. The first-order valence-electron chi connectivity index (χ1n) is 5.95. The Morgan fingerprint density at radius 2 is 1.95 bits per heavy atom. The number of halogens is 2. The van der Waals surface area contributed by atoms with Crippen LogP contribution in [0.4, 0.5) is 11.5 Å². The Hall–Kier alpha value is -1.91. The lowest BCUT2D eigenvalue weighted by Gasteiger charge is -2.10. The van der Waals surface area contributed by atoms with Gasteiger partial charge in [0.05, 0.1) is 16.2 Å². The average Bonchev–Trinajstić information content (AvgIpc) is 2.41. The summed E-state index contributed by atoms with van der Waals surface area (Å²) in [4.78, 5) is 12.7. The molecule has 0 atom stereocenters. The molecular weight excluding hydrogens is 295 g/mol.